The predicted molar refractivity (Wildman–Crippen MR) is 125 cm³/mol. The molecule has 1 aliphatic carbocycles. The van der Waals surface area contributed by atoms with Crippen LogP contribution in [-0.2, 0) is 16.0 Å². The molecule has 1 fully saturated rings. The number of hydrogen-bond acceptors (Lipinski definition) is 3. The van der Waals surface area contributed by atoms with E-state index >= 15 is 0 Å². The standard InChI is InChI=1S/C21H32N4O2.HI/c1-22-21(24-13-5-15-27-16-17-9-10-17)23-12-4-8-20(26)25-14-11-18-6-2-3-7-19(18)25;/h2-3,6-7,17H,4-5,8-16H2,1H3,(H2,22,23,24);1H. The highest BCUT2D eigenvalue weighted by Gasteiger charge is 2.23. The van der Waals surface area contributed by atoms with Crippen molar-refractivity contribution in [3.05, 3.63) is 29.8 Å². The lowest BCUT2D eigenvalue weighted by Gasteiger charge is -2.17. The van der Waals surface area contributed by atoms with Gasteiger partial charge in [0.25, 0.3) is 0 Å². The molecule has 1 amide bonds. The van der Waals surface area contributed by atoms with Gasteiger partial charge >= 0.3 is 0 Å². The summed E-state index contributed by atoms with van der Waals surface area (Å²) in [5, 5.41) is 6.57. The third-order valence-corrected chi connectivity index (χ3v) is 5.08. The maximum absolute atomic E-state index is 12.5. The molecule has 3 rings (SSSR count). The molecule has 0 spiro atoms. The van der Waals surface area contributed by atoms with Crippen LogP contribution in [0.1, 0.15) is 37.7 Å². The first-order valence-electron chi connectivity index (χ1n) is 10.2. The Kier molecular flexibility index (Phi) is 10.0. The van der Waals surface area contributed by atoms with E-state index in [4.69, 9.17) is 4.74 Å². The van der Waals surface area contributed by atoms with Crippen LogP contribution in [0.4, 0.5) is 5.69 Å². The van der Waals surface area contributed by atoms with Gasteiger partial charge in [-0.3, -0.25) is 9.79 Å². The van der Waals surface area contributed by atoms with Crippen molar-refractivity contribution >= 4 is 41.5 Å². The Bertz CT molecular complexity index is 649. The molecule has 1 heterocycles. The Balaban J connectivity index is 0.00000280. The van der Waals surface area contributed by atoms with Crippen LogP contribution in [0.2, 0.25) is 0 Å². The number of benzene rings is 1. The van der Waals surface area contributed by atoms with E-state index < -0.39 is 0 Å². The molecule has 0 aromatic heterocycles. The largest absolute Gasteiger partial charge is 0.381 e. The number of guanidine groups is 1. The molecule has 7 heteroatoms. The fourth-order valence-corrected chi connectivity index (χ4v) is 3.31. The number of halogens is 1. The maximum atomic E-state index is 12.5. The van der Waals surface area contributed by atoms with Crippen molar-refractivity contribution in [1.82, 2.24) is 10.6 Å². The molecule has 0 saturated heterocycles. The van der Waals surface area contributed by atoms with Gasteiger partial charge in [0.2, 0.25) is 5.91 Å². The maximum Gasteiger partial charge on any atom is 0.227 e. The predicted octanol–water partition coefficient (Wildman–Crippen LogP) is 2.96. The number of carbonyl (C=O) groups is 1. The van der Waals surface area contributed by atoms with Crippen LogP contribution in [0.15, 0.2) is 29.3 Å². The SMILES string of the molecule is CN=C(NCCCOCC1CC1)NCCCC(=O)N1CCc2ccccc21.I. The highest BCUT2D eigenvalue weighted by Crippen LogP contribution is 2.29. The van der Waals surface area contributed by atoms with E-state index in [0.29, 0.717) is 6.42 Å². The van der Waals surface area contributed by atoms with Crippen LogP contribution in [0, 0.1) is 5.92 Å². The van der Waals surface area contributed by atoms with Gasteiger partial charge in [-0.1, -0.05) is 18.2 Å². The monoisotopic (exact) mass is 500 g/mol. The molecule has 1 aromatic rings. The minimum absolute atomic E-state index is 0. The molecular weight excluding hydrogens is 467 g/mol. The highest BCUT2D eigenvalue weighted by molar-refractivity contribution is 14.0. The van der Waals surface area contributed by atoms with Gasteiger partial charge < -0.3 is 20.3 Å². The summed E-state index contributed by atoms with van der Waals surface area (Å²) >= 11 is 0. The van der Waals surface area contributed by atoms with Gasteiger partial charge in [-0.25, -0.2) is 0 Å². The summed E-state index contributed by atoms with van der Waals surface area (Å²) in [5.74, 6) is 1.82. The van der Waals surface area contributed by atoms with Crippen molar-refractivity contribution < 1.29 is 9.53 Å². The lowest BCUT2D eigenvalue weighted by molar-refractivity contribution is -0.118. The van der Waals surface area contributed by atoms with Crippen molar-refractivity contribution in [2.24, 2.45) is 10.9 Å². The fourth-order valence-electron chi connectivity index (χ4n) is 3.31. The molecule has 2 N–H and O–H groups in total. The van der Waals surface area contributed by atoms with Crippen LogP contribution in [0.25, 0.3) is 0 Å². The van der Waals surface area contributed by atoms with Crippen molar-refractivity contribution in [2.75, 3.05) is 44.8 Å². The Morgan fingerprint density at radius 1 is 1.21 bits per heavy atom. The second-order valence-corrected chi connectivity index (χ2v) is 7.33. The number of amides is 1. The number of ether oxygens (including phenoxy) is 1. The molecule has 0 atom stereocenters. The Labute approximate surface area is 185 Å². The quantitative estimate of drug-likeness (QED) is 0.225. The zero-order chi connectivity index (χ0) is 18.9. The van der Waals surface area contributed by atoms with Crippen LogP contribution in [0.5, 0.6) is 0 Å². The number of aliphatic imine (C=N–C) groups is 1. The van der Waals surface area contributed by atoms with E-state index in [1.807, 2.05) is 23.1 Å². The zero-order valence-electron chi connectivity index (χ0n) is 16.8. The number of hydrogen-bond donors (Lipinski definition) is 2. The number of nitrogens with zero attached hydrogens (tertiary/aromatic N) is 2. The van der Waals surface area contributed by atoms with E-state index in [9.17, 15) is 4.79 Å². The number of anilines is 1. The average Bonchev–Trinajstić information content (AvgIpc) is 3.42. The minimum Gasteiger partial charge on any atom is -0.381 e. The second-order valence-electron chi connectivity index (χ2n) is 7.33. The molecular formula is C21H33IN4O2. The smallest absolute Gasteiger partial charge is 0.227 e. The van der Waals surface area contributed by atoms with Gasteiger partial charge in [0, 0.05) is 52.0 Å². The number of nitrogens with one attached hydrogen (secondary N) is 2. The number of carbonyl (C=O) groups excluding carboxylic acids is 1. The first-order chi connectivity index (χ1) is 13.3. The van der Waals surface area contributed by atoms with Crippen molar-refractivity contribution in [3.63, 3.8) is 0 Å². The van der Waals surface area contributed by atoms with Crippen molar-refractivity contribution in [3.8, 4) is 0 Å². The summed E-state index contributed by atoms with van der Waals surface area (Å²) in [5.41, 5.74) is 2.35. The van der Waals surface area contributed by atoms with Crippen LogP contribution < -0.4 is 15.5 Å². The van der Waals surface area contributed by atoms with Gasteiger partial charge in [-0.05, 0) is 49.7 Å². The molecule has 0 bridgehead atoms. The molecule has 1 aliphatic heterocycles. The first kappa shape index (κ1) is 22.9. The van der Waals surface area contributed by atoms with Gasteiger partial charge in [0.1, 0.15) is 0 Å². The zero-order valence-corrected chi connectivity index (χ0v) is 19.1. The van der Waals surface area contributed by atoms with E-state index in [0.717, 1.165) is 69.7 Å². The summed E-state index contributed by atoms with van der Waals surface area (Å²) in [4.78, 5) is 18.6. The third-order valence-electron chi connectivity index (χ3n) is 5.08. The van der Waals surface area contributed by atoms with Gasteiger partial charge in [-0.15, -0.1) is 24.0 Å². The molecule has 0 radical (unpaired) electrons. The summed E-state index contributed by atoms with van der Waals surface area (Å²) in [6.07, 6.45) is 5.95. The van der Waals surface area contributed by atoms with Crippen LogP contribution >= 0.6 is 24.0 Å². The van der Waals surface area contributed by atoms with E-state index in [2.05, 4.69) is 21.7 Å². The Hall–Kier alpha value is -1.35. The first-order valence-corrected chi connectivity index (χ1v) is 10.2. The Morgan fingerprint density at radius 2 is 1.96 bits per heavy atom. The lowest BCUT2D eigenvalue weighted by atomic mass is 10.2. The van der Waals surface area contributed by atoms with Gasteiger partial charge in [-0.2, -0.15) is 0 Å². The van der Waals surface area contributed by atoms with E-state index in [1.165, 1.54) is 18.4 Å². The number of fused-ring (bicyclic) bond motifs is 1. The van der Waals surface area contributed by atoms with Crippen molar-refractivity contribution in [1.29, 1.82) is 0 Å². The number of rotatable bonds is 10. The minimum atomic E-state index is 0. The summed E-state index contributed by atoms with van der Waals surface area (Å²) in [7, 11) is 1.77. The lowest BCUT2D eigenvalue weighted by Crippen LogP contribution is -2.39. The van der Waals surface area contributed by atoms with Gasteiger partial charge in [0.15, 0.2) is 5.96 Å². The topological polar surface area (TPSA) is 66.0 Å². The van der Waals surface area contributed by atoms with Gasteiger partial charge in [0.05, 0.1) is 0 Å². The summed E-state index contributed by atoms with van der Waals surface area (Å²) < 4.78 is 5.63. The molecule has 156 valence electrons. The van der Waals surface area contributed by atoms with Crippen molar-refractivity contribution in [2.45, 2.75) is 38.5 Å². The molecule has 28 heavy (non-hydrogen) atoms. The summed E-state index contributed by atoms with van der Waals surface area (Å²) in [6, 6.07) is 8.18. The second kappa shape index (κ2) is 12.3. The molecule has 6 nitrogen and oxygen atoms in total. The van der Waals surface area contributed by atoms with E-state index in [-0.39, 0.29) is 29.9 Å². The Morgan fingerprint density at radius 3 is 2.71 bits per heavy atom. The van der Waals surface area contributed by atoms with Crippen LogP contribution in [-0.4, -0.2) is 51.8 Å². The number of para-hydroxylation sites is 1. The van der Waals surface area contributed by atoms with E-state index in [1.54, 1.807) is 7.05 Å². The molecule has 1 aromatic carbocycles. The van der Waals surface area contributed by atoms with Crippen LogP contribution in [0.3, 0.4) is 0 Å². The highest BCUT2D eigenvalue weighted by atomic mass is 127. The molecule has 0 unspecified atom stereocenters. The average molecular weight is 500 g/mol. The molecule has 1 saturated carbocycles. The summed E-state index contributed by atoms with van der Waals surface area (Å²) in [6.45, 7) is 4.10. The normalized spacial score (nSPS) is 15.8. The fraction of sp³-hybridized carbons (Fsp3) is 0.619. The molecule has 2 aliphatic rings. The third kappa shape index (κ3) is 7.24.